The molecule has 1 amide bonds. The summed E-state index contributed by atoms with van der Waals surface area (Å²) >= 11 is 0. The monoisotopic (exact) mass is 290 g/mol. The lowest BCUT2D eigenvalue weighted by atomic mass is 9.94. The number of carbonyl (C=O) groups excluding carboxylic acids is 1. The lowest BCUT2D eigenvalue weighted by Gasteiger charge is -2.34. The molecule has 4 heteroatoms. The van der Waals surface area contributed by atoms with Gasteiger partial charge in [-0.05, 0) is 24.8 Å². The van der Waals surface area contributed by atoms with Crippen LogP contribution in [0.25, 0.3) is 0 Å². The first-order valence-corrected chi connectivity index (χ1v) is 7.91. The second-order valence-electron chi connectivity index (χ2n) is 5.56. The highest BCUT2D eigenvalue weighted by molar-refractivity contribution is 5.83. The lowest BCUT2D eigenvalue weighted by Crippen LogP contribution is -2.43. The van der Waals surface area contributed by atoms with E-state index in [1.54, 1.807) is 0 Å². The second kappa shape index (κ2) is 8.15. The Morgan fingerprint density at radius 3 is 2.57 bits per heavy atom. The fraction of sp³-hybridized carbons (Fsp3) is 0.588. The van der Waals surface area contributed by atoms with E-state index in [0.717, 1.165) is 37.9 Å². The first-order chi connectivity index (χ1) is 10.3. The van der Waals surface area contributed by atoms with Crippen LogP contribution in [0, 0.1) is 0 Å². The number of rotatable bonds is 6. The Morgan fingerprint density at radius 2 is 2.00 bits per heavy atom. The molecular formula is C17H26N2O2. The molecule has 0 saturated carbocycles. The van der Waals surface area contributed by atoms with Gasteiger partial charge in [0.25, 0.3) is 0 Å². The molecule has 0 aromatic heterocycles. The molecule has 0 aliphatic carbocycles. The van der Waals surface area contributed by atoms with Gasteiger partial charge in [-0.1, -0.05) is 37.3 Å². The van der Waals surface area contributed by atoms with Gasteiger partial charge in [-0.15, -0.1) is 0 Å². The van der Waals surface area contributed by atoms with Crippen LogP contribution in [0.4, 0.5) is 0 Å². The molecule has 1 aromatic carbocycles. The van der Waals surface area contributed by atoms with E-state index in [2.05, 4.69) is 6.92 Å². The summed E-state index contributed by atoms with van der Waals surface area (Å²) in [6.45, 7) is 4.83. The zero-order valence-electron chi connectivity index (χ0n) is 12.8. The molecule has 116 valence electrons. The molecule has 1 aliphatic rings. The number of benzene rings is 1. The number of amides is 1. The van der Waals surface area contributed by atoms with Crippen molar-refractivity contribution in [2.75, 3.05) is 26.2 Å². The van der Waals surface area contributed by atoms with Crippen molar-refractivity contribution >= 4 is 5.91 Å². The Bertz CT molecular complexity index is 428. The zero-order valence-corrected chi connectivity index (χ0v) is 12.8. The Balaban J connectivity index is 1.91. The maximum absolute atomic E-state index is 12.7. The van der Waals surface area contributed by atoms with Crippen LogP contribution in [0.1, 0.15) is 37.7 Å². The van der Waals surface area contributed by atoms with E-state index in [0.29, 0.717) is 13.2 Å². The summed E-state index contributed by atoms with van der Waals surface area (Å²) < 4.78 is 5.67. The Morgan fingerprint density at radius 1 is 1.33 bits per heavy atom. The fourth-order valence-electron chi connectivity index (χ4n) is 2.94. The van der Waals surface area contributed by atoms with Gasteiger partial charge in [-0.2, -0.15) is 0 Å². The van der Waals surface area contributed by atoms with Crippen LogP contribution in [0.15, 0.2) is 30.3 Å². The van der Waals surface area contributed by atoms with Crippen LogP contribution in [0.2, 0.25) is 0 Å². The van der Waals surface area contributed by atoms with Gasteiger partial charge in [0.15, 0.2) is 0 Å². The number of nitrogens with two attached hydrogens (primary N) is 1. The predicted octanol–water partition coefficient (Wildman–Crippen LogP) is 2.15. The molecule has 2 rings (SSSR count). The molecule has 0 spiro atoms. The number of carbonyl (C=O) groups is 1. The zero-order chi connectivity index (χ0) is 15.1. The van der Waals surface area contributed by atoms with Crippen molar-refractivity contribution in [3.05, 3.63) is 35.9 Å². The van der Waals surface area contributed by atoms with Gasteiger partial charge in [-0.3, -0.25) is 4.79 Å². The summed E-state index contributed by atoms with van der Waals surface area (Å²) in [5, 5.41) is 0. The topological polar surface area (TPSA) is 55.6 Å². The van der Waals surface area contributed by atoms with Crippen molar-refractivity contribution in [3.63, 3.8) is 0 Å². The number of hydrogen-bond acceptors (Lipinski definition) is 3. The Labute approximate surface area is 127 Å². The minimum atomic E-state index is -0.0206. The predicted molar refractivity (Wildman–Crippen MR) is 84.1 cm³/mol. The summed E-state index contributed by atoms with van der Waals surface area (Å²) in [6, 6.07) is 10.1. The summed E-state index contributed by atoms with van der Waals surface area (Å²) in [6.07, 6.45) is 2.93. The van der Waals surface area contributed by atoms with Gasteiger partial charge in [-0.25, -0.2) is 0 Å². The molecule has 1 fully saturated rings. The molecule has 1 aliphatic heterocycles. The van der Waals surface area contributed by atoms with Crippen LogP contribution in [-0.4, -0.2) is 43.2 Å². The van der Waals surface area contributed by atoms with E-state index in [1.807, 2.05) is 35.2 Å². The summed E-state index contributed by atoms with van der Waals surface area (Å²) in [5.41, 5.74) is 6.57. The standard InChI is InChI=1S/C17H26N2O2/c1-2-16(14-6-4-3-5-7-14)17(20)19-11-8-15(9-12-19)21-13-10-18/h3-7,15-16H,2,8-13,18H2,1H3. The Hall–Kier alpha value is -1.39. The highest BCUT2D eigenvalue weighted by Gasteiger charge is 2.28. The smallest absolute Gasteiger partial charge is 0.230 e. The molecule has 1 heterocycles. The highest BCUT2D eigenvalue weighted by Crippen LogP contribution is 2.24. The van der Waals surface area contributed by atoms with Crippen LogP contribution < -0.4 is 5.73 Å². The van der Waals surface area contributed by atoms with E-state index in [4.69, 9.17) is 10.5 Å². The van der Waals surface area contributed by atoms with E-state index in [1.165, 1.54) is 0 Å². The third-order valence-electron chi connectivity index (χ3n) is 4.13. The van der Waals surface area contributed by atoms with Crippen molar-refractivity contribution in [2.45, 2.75) is 38.2 Å². The van der Waals surface area contributed by atoms with Gasteiger partial charge in [0.05, 0.1) is 18.6 Å². The number of nitrogens with zero attached hydrogens (tertiary/aromatic N) is 1. The van der Waals surface area contributed by atoms with Crippen molar-refractivity contribution in [3.8, 4) is 0 Å². The third kappa shape index (κ3) is 4.29. The van der Waals surface area contributed by atoms with E-state index in [-0.39, 0.29) is 17.9 Å². The normalized spacial score (nSPS) is 17.7. The van der Waals surface area contributed by atoms with Crippen molar-refractivity contribution < 1.29 is 9.53 Å². The number of hydrogen-bond donors (Lipinski definition) is 1. The van der Waals surface area contributed by atoms with Gasteiger partial charge in [0.1, 0.15) is 0 Å². The summed E-state index contributed by atoms with van der Waals surface area (Å²) in [4.78, 5) is 14.7. The maximum Gasteiger partial charge on any atom is 0.230 e. The molecule has 1 atom stereocenters. The molecular weight excluding hydrogens is 264 g/mol. The van der Waals surface area contributed by atoms with E-state index in [9.17, 15) is 4.79 Å². The molecule has 1 unspecified atom stereocenters. The molecule has 1 saturated heterocycles. The fourth-order valence-corrected chi connectivity index (χ4v) is 2.94. The number of piperidine rings is 1. The molecule has 1 aromatic rings. The molecule has 4 nitrogen and oxygen atoms in total. The quantitative estimate of drug-likeness (QED) is 0.873. The first-order valence-electron chi connectivity index (χ1n) is 7.91. The van der Waals surface area contributed by atoms with Gasteiger partial charge < -0.3 is 15.4 Å². The number of ether oxygens (including phenoxy) is 1. The summed E-state index contributed by atoms with van der Waals surface area (Å²) in [7, 11) is 0. The SMILES string of the molecule is CCC(C(=O)N1CCC(OCCN)CC1)c1ccccc1. The lowest BCUT2D eigenvalue weighted by molar-refractivity contribution is -0.135. The third-order valence-corrected chi connectivity index (χ3v) is 4.13. The van der Waals surface area contributed by atoms with E-state index >= 15 is 0 Å². The van der Waals surface area contributed by atoms with Gasteiger partial charge >= 0.3 is 0 Å². The minimum absolute atomic E-state index is 0.0206. The van der Waals surface area contributed by atoms with Crippen LogP contribution >= 0.6 is 0 Å². The van der Waals surface area contributed by atoms with Gasteiger partial charge in [0.2, 0.25) is 5.91 Å². The average molecular weight is 290 g/mol. The van der Waals surface area contributed by atoms with Crippen LogP contribution in [0.3, 0.4) is 0 Å². The minimum Gasteiger partial charge on any atom is -0.377 e. The van der Waals surface area contributed by atoms with Crippen LogP contribution in [-0.2, 0) is 9.53 Å². The maximum atomic E-state index is 12.7. The van der Waals surface area contributed by atoms with Crippen molar-refractivity contribution in [1.29, 1.82) is 0 Å². The van der Waals surface area contributed by atoms with Crippen molar-refractivity contribution in [1.82, 2.24) is 4.90 Å². The summed E-state index contributed by atoms with van der Waals surface area (Å²) in [5.74, 6) is 0.230. The average Bonchev–Trinajstić information content (AvgIpc) is 2.55. The van der Waals surface area contributed by atoms with Crippen LogP contribution in [0.5, 0.6) is 0 Å². The second-order valence-corrected chi connectivity index (χ2v) is 5.56. The Kier molecular flexibility index (Phi) is 6.21. The number of likely N-dealkylation sites (tertiary alicyclic amines) is 1. The first kappa shape index (κ1) is 16.0. The van der Waals surface area contributed by atoms with Gasteiger partial charge in [0, 0.05) is 19.6 Å². The molecule has 0 radical (unpaired) electrons. The van der Waals surface area contributed by atoms with E-state index < -0.39 is 0 Å². The van der Waals surface area contributed by atoms with Crippen molar-refractivity contribution in [2.24, 2.45) is 5.73 Å². The largest absolute Gasteiger partial charge is 0.377 e. The highest BCUT2D eigenvalue weighted by atomic mass is 16.5. The molecule has 2 N–H and O–H groups in total. The molecule has 21 heavy (non-hydrogen) atoms. The molecule has 0 bridgehead atoms.